The first kappa shape index (κ1) is 20.2. The number of carbonyl (C=O) groups excluding carboxylic acids is 1. The zero-order valence-electron chi connectivity index (χ0n) is 15.8. The van der Waals surface area contributed by atoms with Crippen LogP contribution in [0.25, 0.3) is 6.08 Å². The lowest BCUT2D eigenvalue weighted by molar-refractivity contribution is -0.111. The molecular formula is C22H26BrNO2. The maximum Gasteiger partial charge on any atom is 0.248 e. The lowest BCUT2D eigenvalue weighted by Gasteiger charge is -2.20. The van der Waals surface area contributed by atoms with Crippen molar-refractivity contribution >= 4 is 33.6 Å². The lowest BCUT2D eigenvalue weighted by atomic mass is 9.87. The fourth-order valence-corrected chi connectivity index (χ4v) is 2.80. The third kappa shape index (κ3) is 6.03. The van der Waals surface area contributed by atoms with Crippen molar-refractivity contribution in [3.05, 3.63) is 64.1 Å². The van der Waals surface area contributed by atoms with Crippen molar-refractivity contribution in [2.24, 2.45) is 0 Å². The number of amides is 1. The van der Waals surface area contributed by atoms with Gasteiger partial charge in [0.2, 0.25) is 5.91 Å². The van der Waals surface area contributed by atoms with Crippen LogP contribution < -0.4 is 10.1 Å². The molecule has 0 aliphatic rings. The summed E-state index contributed by atoms with van der Waals surface area (Å²) in [5.74, 6) is 0.678. The molecule has 0 saturated carbocycles. The molecular weight excluding hydrogens is 390 g/mol. The highest BCUT2D eigenvalue weighted by atomic mass is 79.9. The van der Waals surface area contributed by atoms with Gasteiger partial charge in [-0.2, -0.15) is 0 Å². The Morgan fingerprint density at radius 3 is 2.42 bits per heavy atom. The van der Waals surface area contributed by atoms with Gasteiger partial charge in [0.25, 0.3) is 0 Å². The first-order chi connectivity index (χ1) is 12.3. The fourth-order valence-electron chi connectivity index (χ4n) is 2.32. The monoisotopic (exact) mass is 415 g/mol. The van der Waals surface area contributed by atoms with Crippen molar-refractivity contribution in [2.45, 2.75) is 39.5 Å². The summed E-state index contributed by atoms with van der Waals surface area (Å²) in [6, 6.07) is 13.7. The van der Waals surface area contributed by atoms with Gasteiger partial charge in [-0.25, -0.2) is 0 Å². The molecule has 0 saturated heterocycles. The van der Waals surface area contributed by atoms with Gasteiger partial charge in [0, 0.05) is 10.5 Å². The first-order valence-electron chi connectivity index (χ1n) is 8.81. The van der Waals surface area contributed by atoms with E-state index in [9.17, 15) is 4.79 Å². The van der Waals surface area contributed by atoms with Gasteiger partial charge in [-0.1, -0.05) is 45.9 Å². The van der Waals surface area contributed by atoms with Crippen LogP contribution in [0, 0.1) is 0 Å². The summed E-state index contributed by atoms with van der Waals surface area (Å²) in [6.45, 7) is 9.27. The normalized spacial score (nSPS) is 11.6. The molecule has 26 heavy (non-hydrogen) atoms. The number of anilines is 1. The molecule has 0 radical (unpaired) electrons. The highest BCUT2D eigenvalue weighted by Crippen LogP contribution is 2.30. The van der Waals surface area contributed by atoms with Crippen LogP contribution in [0.1, 0.15) is 45.2 Å². The van der Waals surface area contributed by atoms with Crippen LogP contribution >= 0.6 is 15.9 Å². The molecule has 0 aromatic heterocycles. The highest BCUT2D eigenvalue weighted by molar-refractivity contribution is 9.10. The Balaban J connectivity index is 1.99. The lowest BCUT2D eigenvalue weighted by Crippen LogP contribution is -2.12. The van der Waals surface area contributed by atoms with Crippen LogP contribution in [0.4, 0.5) is 5.69 Å². The van der Waals surface area contributed by atoms with Crippen molar-refractivity contribution in [1.82, 2.24) is 0 Å². The van der Waals surface area contributed by atoms with Crippen molar-refractivity contribution in [2.75, 3.05) is 11.9 Å². The van der Waals surface area contributed by atoms with Crippen molar-refractivity contribution < 1.29 is 9.53 Å². The second-order valence-corrected chi connectivity index (χ2v) is 8.04. The Morgan fingerprint density at radius 1 is 1.15 bits per heavy atom. The van der Waals surface area contributed by atoms with Crippen LogP contribution in [0.2, 0.25) is 0 Å². The minimum atomic E-state index is -0.166. The molecule has 0 aliphatic carbocycles. The number of halogens is 1. The molecule has 2 aromatic carbocycles. The Bertz CT molecular complexity index is 774. The number of nitrogens with one attached hydrogen (secondary N) is 1. The third-order valence-electron chi connectivity index (χ3n) is 3.87. The van der Waals surface area contributed by atoms with Gasteiger partial charge in [0.15, 0.2) is 0 Å². The minimum Gasteiger partial charge on any atom is -0.494 e. The van der Waals surface area contributed by atoms with Crippen molar-refractivity contribution in [3.63, 3.8) is 0 Å². The summed E-state index contributed by atoms with van der Waals surface area (Å²) in [4.78, 5) is 12.2. The van der Waals surface area contributed by atoms with E-state index < -0.39 is 0 Å². The molecule has 0 unspecified atom stereocenters. The van der Waals surface area contributed by atoms with E-state index in [1.54, 1.807) is 6.08 Å². The summed E-state index contributed by atoms with van der Waals surface area (Å²) >= 11 is 3.54. The molecule has 0 heterocycles. The Hall–Kier alpha value is -2.07. The first-order valence-corrected chi connectivity index (χ1v) is 9.61. The molecule has 0 fully saturated rings. The molecule has 2 rings (SSSR count). The second kappa shape index (κ2) is 9.04. The summed E-state index contributed by atoms with van der Waals surface area (Å²) in [5, 5.41) is 2.90. The Kier molecular flexibility index (Phi) is 7.04. The van der Waals surface area contributed by atoms with Gasteiger partial charge in [-0.15, -0.1) is 0 Å². The predicted octanol–water partition coefficient (Wildman–Crippen LogP) is 6.19. The molecule has 1 amide bonds. The predicted molar refractivity (Wildman–Crippen MR) is 113 cm³/mol. The average Bonchev–Trinajstić information content (AvgIpc) is 2.60. The molecule has 1 N–H and O–H groups in total. The fraction of sp³-hybridized carbons (Fsp3) is 0.318. The van der Waals surface area contributed by atoms with Gasteiger partial charge in [-0.05, 0) is 69.2 Å². The largest absolute Gasteiger partial charge is 0.494 e. The topological polar surface area (TPSA) is 38.3 Å². The van der Waals surface area contributed by atoms with Gasteiger partial charge >= 0.3 is 0 Å². The smallest absolute Gasteiger partial charge is 0.248 e. The molecule has 4 heteroatoms. The highest BCUT2D eigenvalue weighted by Gasteiger charge is 2.15. The second-order valence-electron chi connectivity index (χ2n) is 7.18. The molecule has 0 atom stereocenters. The van der Waals surface area contributed by atoms with E-state index >= 15 is 0 Å². The molecule has 0 bridgehead atoms. The van der Waals surface area contributed by atoms with Gasteiger partial charge in [0.1, 0.15) is 5.75 Å². The van der Waals surface area contributed by atoms with E-state index in [1.807, 2.05) is 42.5 Å². The quantitative estimate of drug-likeness (QED) is 0.571. The molecule has 2 aromatic rings. The number of hydrogen-bond donors (Lipinski definition) is 1. The van der Waals surface area contributed by atoms with E-state index in [2.05, 4.69) is 48.9 Å². The van der Waals surface area contributed by atoms with Crippen LogP contribution in [0.15, 0.2) is 53.0 Å². The number of carbonyl (C=O) groups is 1. The van der Waals surface area contributed by atoms with Crippen LogP contribution in [0.3, 0.4) is 0 Å². The minimum absolute atomic E-state index is 0.0674. The van der Waals surface area contributed by atoms with E-state index in [4.69, 9.17) is 4.74 Å². The van der Waals surface area contributed by atoms with Crippen molar-refractivity contribution in [3.8, 4) is 5.75 Å². The Morgan fingerprint density at radius 2 is 1.85 bits per heavy atom. The van der Waals surface area contributed by atoms with E-state index in [1.165, 1.54) is 11.6 Å². The molecule has 0 aliphatic heterocycles. The number of rotatable bonds is 6. The van der Waals surface area contributed by atoms with Gasteiger partial charge in [-0.3, -0.25) is 4.79 Å². The van der Waals surface area contributed by atoms with Gasteiger partial charge < -0.3 is 10.1 Å². The summed E-state index contributed by atoms with van der Waals surface area (Å²) in [7, 11) is 0. The van der Waals surface area contributed by atoms with E-state index in [0.29, 0.717) is 6.61 Å². The van der Waals surface area contributed by atoms with E-state index in [-0.39, 0.29) is 11.3 Å². The summed E-state index contributed by atoms with van der Waals surface area (Å²) in [5.41, 5.74) is 2.99. The zero-order chi connectivity index (χ0) is 19.2. The number of benzene rings is 2. The summed E-state index contributed by atoms with van der Waals surface area (Å²) < 4.78 is 6.43. The average molecular weight is 416 g/mol. The maximum atomic E-state index is 12.2. The van der Waals surface area contributed by atoms with Crippen molar-refractivity contribution in [1.29, 1.82) is 0 Å². The summed E-state index contributed by atoms with van der Waals surface area (Å²) in [6.07, 6.45) is 4.30. The van der Waals surface area contributed by atoms with Crippen LogP contribution in [0.5, 0.6) is 5.75 Å². The molecule has 3 nitrogen and oxygen atoms in total. The van der Waals surface area contributed by atoms with Crippen LogP contribution in [-0.4, -0.2) is 12.5 Å². The van der Waals surface area contributed by atoms with Gasteiger partial charge in [0.05, 0.1) is 12.3 Å². The maximum absolute atomic E-state index is 12.2. The molecule has 0 spiro atoms. The SMILES string of the molecule is CCCOc1ccc(/C=C/C(=O)Nc2ccc(C(C)(C)C)cc2Br)cc1. The Labute approximate surface area is 164 Å². The molecule has 138 valence electrons. The number of hydrogen-bond acceptors (Lipinski definition) is 2. The third-order valence-corrected chi connectivity index (χ3v) is 4.53. The van der Waals surface area contributed by atoms with Crippen LogP contribution in [-0.2, 0) is 10.2 Å². The van der Waals surface area contributed by atoms with E-state index in [0.717, 1.165) is 27.9 Å². The standard InChI is InChI=1S/C22H26BrNO2/c1-5-14-26-18-10-6-16(7-11-18)8-13-21(25)24-20-12-9-17(15-19(20)23)22(2,3)4/h6-13,15H,5,14H2,1-4H3,(H,24,25)/b13-8+. The zero-order valence-corrected chi connectivity index (χ0v) is 17.4. The number of ether oxygens (including phenoxy) is 1.